The molecule has 1 aromatic heterocycles. The lowest BCUT2D eigenvalue weighted by atomic mass is 10.1. The van der Waals surface area contributed by atoms with E-state index in [0.717, 1.165) is 17.8 Å². The molecule has 3 heteroatoms. The molecular weight excluding hydrogens is 152 g/mol. The quantitative estimate of drug-likeness (QED) is 0.628. The minimum Gasteiger partial charge on any atom is -0.392 e. The highest BCUT2D eigenvalue weighted by atomic mass is 16.6. The van der Waals surface area contributed by atoms with Crippen molar-refractivity contribution in [3.8, 4) is 0 Å². The predicted octanol–water partition coefficient (Wildman–Crippen LogP) is 1.59. The highest BCUT2D eigenvalue weighted by Crippen LogP contribution is 2.13. The van der Waals surface area contributed by atoms with Crippen molar-refractivity contribution in [3.05, 3.63) is 30.1 Å². The average Bonchev–Trinajstić information content (AvgIpc) is 2.54. The van der Waals surface area contributed by atoms with Gasteiger partial charge in [0.15, 0.2) is 0 Å². The van der Waals surface area contributed by atoms with Crippen molar-refractivity contribution in [2.75, 3.05) is 0 Å². The topological polar surface area (TPSA) is 34.5 Å². The maximum atomic E-state index is 5.07. The summed E-state index contributed by atoms with van der Waals surface area (Å²) < 4.78 is 0. The van der Waals surface area contributed by atoms with Crippen LogP contribution in [0.5, 0.6) is 0 Å². The van der Waals surface area contributed by atoms with Crippen molar-refractivity contribution >= 4 is 5.71 Å². The number of hydrogen-bond donors (Lipinski definition) is 0. The fraction of sp³-hybridized carbons (Fsp3) is 0.333. The van der Waals surface area contributed by atoms with Gasteiger partial charge in [-0.1, -0.05) is 11.2 Å². The molecule has 2 heterocycles. The molecule has 2 rings (SSSR count). The lowest BCUT2D eigenvalue weighted by molar-refractivity contribution is 0.0995. The molecule has 1 unspecified atom stereocenters. The van der Waals surface area contributed by atoms with Crippen LogP contribution in [0.3, 0.4) is 0 Å². The van der Waals surface area contributed by atoms with Crippen molar-refractivity contribution < 1.29 is 4.84 Å². The fourth-order valence-electron chi connectivity index (χ4n) is 1.19. The largest absolute Gasteiger partial charge is 0.392 e. The molecule has 0 fully saturated rings. The smallest absolute Gasteiger partial charge is 0.130 e. The summed E-state index contributed by atoms with van der Waals surface area (Å²) in [5.74, 6) is 0. The third-order valence-electron chi connectivity index (χ3n) is 1.78. The first-order valence-corrected chi connectivity index (χ1v) is 4.00. The van der Waals surface area contributed by atoms with Gasteiger partial charge in [-0.05, 0) is 19.1 Å². The second-order valence-electron chi connectivity index (χ2n) is 2.87. The third kappa shape index (κ3) is 1.30. The zero-order chi connectivity index (χ0) is 8.39. The Labute approximate surface area is 71.1 Å². The van der Waals surface area contributed by atoms with Gasteiger partial charge in [0.05, 0.1) is 5.69 Å². The summed E-state index contributed by atoms with van der Waals surface area (Å²) in [5, 5.41) is 3.94. The first-order valence-electron chi connectivity index (χ1n) is 4.00. The Balaban J connectivity index is 2.22. The second kappa shape index (κ2) is 2.93. The molecule has 1 aromatic rings. The first-order chi connectivity index (χ1) is 5.86. The minimum atomic E-state index is 0.196. The summed E-state index contributed by atoms with van der Waals surface area (Å²) in [6.45, 7) is 2.00. The number of rotatable bonds is 1. The molecule has 0 aliphatic carbocycles. The molecule has 0 aromatic carbocycles. The first kappa shape index (κ1) is 7.28. The highest BCUT2D eigenvalue weighted by molar-refractivity contribution is 5.99. The molecule has 1 atom stereocenters. The van der Waals surface area contributed by atoms with Gasteiger partial charge in [-0.2, -0.15) is 0 Å². The normalized spacial score (nSPS) is 21.8. The monoisotopic (exact) mass is 162 g/mol. The Morgan fingerprint density at radius 2 is 2.42 bits per heavy atom. The zero-order valence-electron chi connectivity index (χ0n) is 6.90. The summed E-state index contributed by atoms with van der Waals surface area (Å²) >= 11 is 0. The van der Waals surface area contributed by atoms with Gasteiger partial charge in [0, 0.05) is 12.6 Å². The Bertz CT molecular complexity index is 295. The minimum absolute atomic E-state index is 0.196. The molecule has 0 saturated carbocycles. The van der Waals surface area contributed by atoms with E-state index in [2.05, 4.69) is 10.1 Å². The second-order valence-corrected chi connectivity index (χ2v) is 2.87. The molecule has 0 N–H and O–H groups in total. The zero-order valence-corrected chi connectivity index (χ0v) is 6.90. The Morgan fingerprint density at radius 3 is 3.00 bits per heavy atom. The third-order valence-corrected chi connectivity index (χ3v) is 1.78. The van der Waals surface area contributed by atoms with E-state index in [1.165, 1.54) is 0 Å². The van der Waals surface area contributed by atoms with Gasteiger partial charge in [0.2, 0.25) is 0 Å². The predicted molar refractivity (Wildman–Crippen MR) is 45.9 cm³/mol. The molecular formula is C9H10N2O. The molecule has 0 saturated heterocycles. The van der Waals surface area contributed by atoms with Crippen molar-refractivity contribution in [3.63, 3.8) is 0 Å². The van der Waals surface area contributed by atoms with Crippen LogP contribution in [-0.4, -0.2) is 16.8 Å². The lowest BCUT2D eigenvalue weighted by Crippen LogP contribution is -2.04. The van der Waals surface area contributed by atoms with E-state index >= 15 is 0 Å². The van der Waals surface area contributed by atoms with Crippen LogP contribution >= 0.6 is 0 Å². The number of hydrogen-bond acceptors (Lipinski definition) is 3. The summed E-state index contributed by atoms with van der Waals surface area (Å²) in [6, 6.07) is 5.79. The molecule has 0 bridgehead atoms. The van der Waals surface area contributed by atoms with Crippen LogP contribution < -0.4 is 0 Å². The van der Waals surface area contributed by atoms with Crippen molar-refractivity contribution in [2.24, 2.45) is 5.16 Å². The van der Waals surface area contributed by atoms with E-state index in [4.69, 9.17) is 4.84 Å². The van der Waals surface area contributed by atoms with Crippen LogP contribution in [0, 0.1) is 0 Å². The number of nitrogens with zero attached hydrogens (tertiary/aromatic N) is 2. The Kier molecular flexibility index (Phi) is 1.78. The van der Waals surface area contributed by atoms with Gasteiger partial charge in [-0.15, -0.1) is 0 Å². The van der Waals surface area contributed by atoms with Crippen LogP contribution in [0.2, 0.25) is 0 Å². The van der Waals surface area contributed by atoms with E-state index in [1.54, 1.807) is 6.20 Å². The number of oxime groups is 1. The molecule has 0 spiro atoms. The van der Waals surface area contributed by atoms with Crippen molar-refractivity contribution in [2.45, 2.75) is 19.4 Å². The maximum Gasteiger partial charge on any atom is 0.130 e. The summed E-state index contributed by atoms with van der Waals surface area (Å²) in [7, 11) is 0. The lowest BCUT2D eigenvalue weighted by Gasteiger charge is -1.96. The summed E-state index contributed by atoms with van der Waals surface area (Å²) in [4.78, 5) is 9.25. The van der Waals surface area contributed by atoms with Crippen LogP contribution in [-0.2, 0) is 4.84 Å². The molecule has 1 aliphatic heterocycles. The average molecular weight is 162 g/mol. The van der Waals surface area contributed by atoms with Gasteiger partial charge < -0.3 is 4.84 Å². The van der Waals surface area contributed by atoms with Gasteiger partial charge in [0.25, 0.3) is 0 Å². The van der Waals surface area contributed by atoms with E-state index in [1.807, 2.05) is 25.1 Å². The van der Waals surface area contributed by atoms with Crippen molar-refractivity contribution in [1.82, 2.24) is 4.98 Å². The van der Waals surface area contributed by atoms with E-state index in [0.29, 0.717) is 0 Å². The highest BCUT2D eigenvalue weighted by Gasteiger charge is 2.17. The van der Waals surface area contributed by atoms with Gasteiger partial charge in [0.1, 0.15) is 11.8 Å². The summed E-state index contributed by atoms with van der Waals surface area (Å²) in [6.07, 6.45) is 2.82. The van der Waals surface area contributed by atoms with Crippen LogP contribution in [0.1, 0.15) is 19.0 Å². The molecule has 12 heavy (non-hydrogen) atoms. The van der Waals surface area contributed by atoms with Gasteiger partial charge >= 0.3 is 0 Å². The molecule has 62 valence electrons. The molecule has 3 nitrogen and oxygen atoms in total. The fourth-order valence-corrected chi connectivity index (χ4v) is 1.19. The standard InChI is InChI=1S/C9H10N2O/c1-7-6-9(11-12-7)8-4-2-3-5-10-8/h2-5,7H,6H2,1H3. The Hall–Kier alpha value is -1.38. The van der Waals surface area contributed by atoms with E-state index in [9.17, 15) is 0 Å². The van der Waals surface area contributed by atoms with E-state index in [-0.39, 0.29) is 6.10 Å². The van der Waals surface area contributed by atoms with Crippen LogP contribution in [0.25, 0.3) is 0 Å². The Morgan fingerprint density at radius 1 is 1.50 bits per heavy atom. The molecule has 0 radical (unpaired) electrons. The van der Waals surface area contributed by atoms with Crippen molar-refractivity contribution in [1.29, 1.82) is 0 Å². The van der Waals surface area contributed by atoms with E-state index < -0.39 is 0 Å². The maximum absolute atomic E-state index is 5.07. The van der Waals surface area contributed by atoms with Crippen LogP contribution in [0.4, 0.5) is 0 Å². The van der Waals surface area contributed by atoms with Gasteiger partial charge in [-0.25, -0.2) is 0 Å². The van der Waals surface area contributed by atoms with Crippen LogP contribution in [0.15, 0.2) is 29.6 Å². The van der Waals surface area contributed by atoms with Gasteiger partial charge in [-0.3, -0.25) is 4.98 Å². The number of aromatic nitrogens is 1. The SMILES string of the molecule is CC1CC(c2ccccn2)=NO1. The molecule has 1 aliphatic rings. The molecule has 0 amide bonds. The summed E-state index contributed by atoms with van der Waals surface area (Å²) in [5.41, 5.74) is 1.87. The number of pyridine rings is 1.